The van der Waals surface area contributed by atoms with Gasteiger partial charge in [0.25, 0.3) is 5.91 Å². The van der Waals surface area contributed by atoms with Crippen LogP contribution in [0.1, 0.15) is 55.6 Å². The number of anilines is 1. The van der Waals surface area contributed by atoms with E-state index in [-0.39, 0.29) is 18.2 Å². The van der Waals surface area contributed by atoms with Crippen molar-refractivity contribution in [3.63, 3.8) is 0 Å². The van der Waals surface area contributed by atoms with Crippen LogP contribution >= 0.6 is 0 Å². The van der Waals surface area contributed by atoms with Crippen LogP contribution in [0.5, 0.6) is 0 Å². The van der Waals surface area contributed by atoms with E-state index in [4.69, 9.17) is 4.74 Å². The molecule has 8 nitrogen and oxygen atoms in total. The van der Waals surface area contributed by atoms with Gasteiger partial charge in [-0.2, -0.15) is 0 Å². The molecule has 2 heterocycles. The molecule has 8 heteroatoms. The fraction of sp³-hybridized carbons (Fsp3) is 0.444. The second-order valence-electron chi connectivity index (χ2n) is 7.40. The molecule has 0 aliphatic carbocycles. The highest BCUT2D eigenvalue weighted by Gasteiger charge is 2.42. The van der Waals surface area contributed by atoms with Crippen molar-refractivity contribution in [2.24, 2.45) is 5.92 Å². The topological polar surface area (TPSA) is 114 Å². The van der Waals surface area contributed by atoms with E-state index in [0.717, 1.165) is 0 Å². The summed E-state index contributed by atoms with van der Waals surface area (Å²) in [5.74, 6) is -1.65. The van der Waals surface area contributed by atoms with Gasteiger partial charge < -0.3 is 10.1 Å². The van der Waals surface area contributed by atoms with E-state index in [1.807, 2.05) is 0 Å². The van der Waals surface area contributed by atoms with Gasteiger partial charge in [-0.25, -0.2) is 4.79 Å². The zero-order valence-corrected chi connectivity index (χ0v) is 14.8. The summed E-state index contributed by atoms with van der Waals surface area (Å²) in [6.45, 7) is 5.25. The van der Waals surface area contributed by atoms with Crippen LogP contribution in [0.3, 0.4) is 0 Å². The summed E-state index contributed by atoms with van der Waals surface area (Å²) in [6, 6.07) is 4.33. The van der Waals surface area contributed by atoms with Gasteiger partial charge in [0.05, 0.1) is 17.6 Å². The number of carbonyl (C=O) groups excluding carboxylic acids is 4. The Balaban J connectivity index is 1.91. The summed E-state index contributed by atoms with van der Waals surface area (Å²) in [5, 5.41) is 7.76. The average molecular weight is 359 g/mol. The van der Waals surface area contributed by atoms with Crippen molar-refractivity contribution in [2.45, 2.75) is 45.3 Å². The van der Waals surface area contributed by atoms with Crippen molar-refractivity contribution in [1.29, 1.82) is 0 Å². The number of nitrogens with one attached hydrogen (secondary N) is 3. The Bertz CT molecular complexity index is 797. The molecule has 138 valence electrons. The van der Waals surface area contributed by atoms with Crippen LogP contribution in [0, 0.1) is 5.92 Å². The van der Waals surface area contributed by atoms with Gasteiger partial charge in [-0.3, -0.25) is 25.0 Å². The van der Waals surface area contributed by atoms with Crippen LogP contribution in [-0.4, -0.2) is 29.4 Å². The first-order chi connectivity index (χ1) is 12.2. The number of fused-ring (bicyclic) bond motifs is 1. The smallest absolute Gasteiger partial charge is 0.412 e. The van der Waals surface area contributed by atoms with E-state index < -0.39 is 29.6 Å². The Morgan fingerprint density at radius 3 is 2.62 bits per heavy atom. The van der Waals surface area contributed by atoms with Crippen molar-refractivity contribution in [1.82, 2.24) is 10.6 Å². The largest absolute Gasteiger partial charge is 0.444 e. The molecule has 3 rings (SSSR count). The highest BCUT2D eigenvalue weighted by atomic mass is 16.6. The zero-order valence-electron chi connectivity index (χ0n) is 14.8. The Hall–Kier alpha value is -2.90. The van der Waals surface area contributed by atoms with Crippen molar-refractivity contribution in [2.75, 3.05) is 5.32 Å². The number of amides is 4. The summed E-state index contributed by atoms with van der Waals surface area (Å²) in [4.78, 5) is 48.1. The molecule has 26 heavy (non-hydrogen) atoms. The molecule has 1 aromatic rings. The molecule has 1 fully saturated rings. The van der Waals surface area contributed by atoms with Crippen LogP contribution < -0.4 is 16.0 Å². The summed E-state index contributed by atoms with van der Waals surface area (Å²) in [7, 11) is 0. The molecule has 0 saturated carbocycles. The molecular formula is C18H21N3O5. The summed E-state index contributed by atoms with van der Waals surface area (Å²) in [6.07, 6.45) is -0.109. The third-order valence-corrected chi connectivity index (χ3v) is 4.27. The third-order valence-electron chi connectivity index (χ3n) is 4.27. The molecule has 0 aromatic heterocycles. The molecule has 4 amide bonds. The average Bonchev–Trinajstić information content (AvgIpc) is 2.83. The van der Waals surface area contributed by atoms with Gasteiger partial charge in [0.15, 0.2) is 0 Å². The summed E-state index contributed by atoms with van der Waals surface area (Å²) >= 11 is 0. The summed E-state index contributed by atoms with van der Waals surface area (Å²) in [5.41, 5.74) is 0.676. The fourth-order valence-corrected chi connectivity index (χ4v) is 3.24. The lowest BCUT2D eigenvalue weighted by Gasteiger charge is -2.27. The minimum atomic E-state index is -0.668. The SMILES string of the molecule is CC(C)(C)OC(=O)Nc1cccc2c1C(C1CCC(=O)NC1=O)NC2=O. The van der Waals surface area contributed by atoms with Gasteiger partial charge in [-0.15, -0.1) is 0 Å². The van der Waals surface area contributed by atoms with Crippen molar-refractivity contribution >= 4 is 29.5 Å². The molecule has 0 bridgehead atoms. The molecule has 2 aliphatic rings. The third kappa shape index (κ3) is 3.54. The maximum Gasteiger partial charge on any atom is 0.412 e. The molecule has 0 spiro atoms. The standard InChI is InChI=1S/C18H21N3O5/c1-18(2,3)26-17(25)19-11-6-4-5-9-13(11)14(21-15(9)23)10-7-8-12(22)20-16(10)24/h4-6,10,14H,7-8H2,1-3H3,(H,19,25)(H,21,23)(H,20,22,24). The Morgan fingerprint density at radius 1 is 1.23 bits per heavy atom. The fourth-order valence-electron chi connectivity index (χ4n) is 3.24. The predicted octanol–water partition coefficient (Wildman–Crippen LogP) is 1.87. The molecule has 2 aliphatic heterocycles. The number of ether oxygens (including phenoxy) is 1. The maximum absolute atomic E-state index is 12.3. The van der Waals surface area contributed by atoms with Crippen LogP contribution in [0.25, 0.3) is 0 Å². The van der Waals surface area contributed by atoms with Crippen LogP contribution in [0.4, 0.5) is 10.5 Å². The number of rotatable bonds is 2. The minimum absolute atomic E-state index is 0.208. The van der Waals surface area contributed by atoms with E-state index in [0.29, 0.717) is 23.2 Å². The van der Waals surface area contributed by atoms with Gasteiger partial charge in [-0.1, -0.05) is 6.07 Å². The number of benzene rings is 1. The number of imide groups is 1. The first kappa shape index (κ1) is 17.9. The van der Waals surface area contributed by atoms with Crippen molar-refractivity contribution in [3.8, 4) is 0 Å². The number of hydrogen-bond acceptors (Lipinski definition) is 5. The van der Waals surface area contributed by atoms with E-state index >= 15 is 0 Å². The van der Waals surface area contributed by atoms with Gasteiger partial charge in [0.1, 0.15) is 5.60 Å². The van der Waals surface area contributed by atoms with E-state index in [1.165, 1.54) is 0 Å². The Morgan fingerprint density at radius 2 is 1.96 bits per heavy atom. The zero-order chi connectivity index (χ0) is 19.1. The number of hydrogen-bond donors (Lipinski definition) is 3. The van der Waals surface area contributed by atoms with E-state index in [2.05, 4.69) is 16.0 Å². The lowest BCUT2D eigenvalue weighted by molar-refractivity contribution is -0.137. The predicted molar refractivity (Wildman–Crippen MR) is 92.4 cm³/mol. The van der Waals surface area contributed by atoms with Crippen LogP contribution in [0.2, 0.25) is 0 Å². The molecule has 2 atom stereocenters. The monoisotopic (exact) mass is 359 g/mol. The lowest BCUT2D eigenvalue weighted by Crippen LogP contribution is -2.45. The van der Waals surface area contributed by atoms with Gasteiger partial charge >= 0.3 is 6.09 Å². The Labute approximate surface area is 150 Å². The Kier molecular flexibility index (Phi) is 4.43. The normalized spacial score (nSPS) is 22.3. The molecule has 0 radical (unpaired) electrons. The highest BCUT2D eigenvalue weighted by molar-refractivity contribution is 6.04. The second kappa shape index (κ2) is 6.44. The van der Waals surface area contributed by atoms with E-state index in [9.17, 15) is 19.2 Å². The summed E-state index contributed by atoms with van der Waals surface area (Å²) < 4.78 is 5.26. The second-order valence-corrected chi connectivity index (χ2v) is 7.40. The number of piperidine rings is 1. The maximum atomic E-state index is 12.3. The van der Waals surface area contributed by atoms with Crippen molar-refractivity contribution < 1.29 is 23.9 Å². The molecule has 1 saturated heterocycles. The minimum Gasteiger partial charge on any atom is -0.444 e. The van der Waals surface area contributed by atoms with Gasteiger partial charge in [-0.05, 0) is 39.3 Å². The van der Waals surface area contributed by atoms with Gasteiger partial charge in [0.2, 0.25) is 11.8 Å². The number of carbonyl (C=O) groups is 4. The van der Waals surface area contributed by atoms with Crippen molar-refractivity contribution in [3.05, 3.63) is 29.3 Å². The lowest BCUT2D eigenvalue weighted by atomic mass is 9.86. The van der Waals surface area contributed by atoms with E-state index in [1.54, 1.807) is 39.0 Å². The molecule has 3 N–H and O–H groups in total. The van der Waals surface area contributed by atoms with Crippen LogP contribution in [-0.2, 0) is 14.3 Å². The molecule has 1 aromatic carbocycles. The van der Waals surface area contributed by atoms with Crippen LogP contribution in [0.15, 0.2) is 18.2 Å². The molecule has 2 unspecified atom stereocenters. The van der Waals surface area contributed by atoms with Gasteiger partial charge in [0, 0.05) is 17.5 Å². The first-order valence-electron chi connectivity index (χ1n) is 8.43. The quantitative estimate of drug-likeness (QED) is 0.698. The first-order valence-corrected chi connectivity index (χ1v) is 8.43. The molecular weight excluding hydrogens is 338 g/mol. The highest BCUT2D eigenvalue weighted by Crippen LogP contribution is 2.39.